The second-order valence-electron chi connectivity index (χ2n) is 4.36. The van der Waals surface area contributed by atoms with E-state index >= 15 is 0 Å². The number of benzene rings is 2. The van der Waals surface area contributed by atoms with Crippen molar-refractivity contribution in [1.82, 2.24) is 9.97 Å². The number of aromatic nitrogens is 2. The largest absolute Gasteiger partial charge is 0.439 e. The summed E-state index contributed by atoms with van der Waals surface area (Å²) in [6.45, 7) is 2.78. The molecular weight excluding hydrogens is 250 g/mol. The van der Waals surface area contributed by atoms with Crippen molar-refractivity contribution in [2.45, 2.75) is 6.92 Å². The number of anilines is 1. The number of ether oxygens (including phenoxy) is 1. The first-order chi connectivity index (χ1) is 9.85. The summed E-state index contributed by atoms with van der Waals surface area (Å²) >= 11 is 0. The quantitative estimate of drug-likeness (QED) is 0.778. The molecule has 0 unspecified atom stereocenters. The maximum atomic E-state index is 5.78. The highest BCUT2D eigenvalue weighted by molar-refractivity contribution is 5.83. The van der Waals surface area contributed by atoms with Crippen LogP contribution in [0.2, 0.25) is 0 Å². The molecule has 0 aliphatic rings. The number of nitrogens with one attached hydrogen (secondary N) is 1. The van der Waals surface area contributed by atoms with E-state index in [1.165, 1.54) is 5.39 Å². The summed E-state index contributed by atoms with van der Waals surface area (Å²) in [7, 11) is 0. The Morgan fingerprint density at radius 1 is 1.05 bits per heavy atom. The fourth-order valence-corrected chi connectivity index (χ4v) is 1.99. The molecule has 1 aromatic heterocycles. The summed E-state index contributed by atoms with van der Waals surface area (Å²) in [5, 5.41) is 5.40. The van der Waals surface area contributed by atoms with Crippen LogP contribution in [0.3, 0.4) is 0 Å². The van der Waals surface area contributed by atoms with Crippen LogP contribution in [0.4, 0.5) is 5.95 Å². The molecule has 0 amide bonds. The summed E-state index contributed by atoms with van der Waals surface area (Å²) in [5.74, 6) is 1.88. The van der Waals surface area contributed by atoms with Gasteiger partial charge in [0.15, 0.2) is 0 Å². The van der Waals surface area contributed by atoms with Gasteiger partial charge in [0.05, 0.1) is 0 Å². The van der Waals surface area contributed by atoms with Crippen molar-refractivity contribution in [3.8, 4) is 11.6 Å². The van der Waals surface area contributed by atoms with Gasteiger partial charge in [-0.3, -0.25) is 0 Å². The molecule has 0 bridgehead atoms. The van der Waals surface area contributed by atoms with Gasteiger partial charge in [-0.05, 0) is 29.8 Å². The average Bonchev–Trinajstić information content (AvgIpc) is 2.48. The smallest absolute Gasteiger partial charge is 0.225 e. The molecule has 0 saturated carbocycles. The lowest BCUT2D eigenvalue weighted by Crippen LogP contribution is -2.02. The Morgan fingerprint density at radius 2 is 1.90 bits per heavy atom. The van der Waals surface area contributed by atoms with Crippen LogP contribution in [0.5, 0.6) is 11.6 Å². The fraction of sp³-hybridized carbons (Fsp3) is 0.125. The maximum absolute atomic E-state index is 5.78. The zero-order chi connectivity index (χ0) is 13.8. The Morgan fingerprint density at radius 3 is 2.75 bits per heavy atom. The lowest BCUT2D eigenvalue weighted by molar-refractivity contribution is 0.463. The van der Waals surface area contributed by atoms with Crippen molar-refractivity contribution < 1.29 is 4.74 Å². The van der Waals surface area contributed by atoms with Crippen molar-refractivity contribution in [3.05, 3.63) is 54.7 Å². The highest BCUT2D eigenvalue weighted by atomic mass is 16.5. The molecule has 0 radical (unpaired) electrons. The van der Waals surface area contributed by atoms with Gasteiger partial charge in [0, 0.05) is 18.8 Å². The minimum Gasteiger partial charge on any atom is -0.439 e. The molecule has 1 N–H and O–H groups in total. The minimum absolute atomic E-state index is 0.534. The van der Waals surface area contributed by atoms with Crippen molar-refractivity contribution in [1.29, 1.82) is 0 Å². The standard InChI is InChI=1S/C16H15N3O/c1-2-17-16-18-10-9-15(19-16)20-14-8-7-12-5-3-4-6-13(12)11-14/h3-11H,2H2,1H3,(H,17,18,19). The van der Waals surface area contributed by atoms with Gasteiger partial charge < -0.3 is 10.1 Å². The van der Waals surface area contributed by atoms with Gasteiger partial charge in [0.25, 0.3) is 0 Å². The number of rotatable bonds is 4. The monoisotopic (exact) mass is 265 g/mol. The maximum Gasteiger partial charge on any atom is 0.225 e. The van der Waals surface area contributed by atoms with Crippen LogP contribution in [-0.2, 0) is 0 Å². The van der Waals surface area contributed by atoms with E-state index < -0.39 is 0 Å². The van der Waals surface area contributed by atoms with E-state index in [9.17, 15) is 0 Å². The Balaban J connectivity index is 1.87. The molecule has 20 heavy (non-hydrogen) atoms. The Hall–Kier alpha value is -2.62. The first kappa shape index (κ1) is 12.4. The molecule has 0 aliphatic carbocycles. The summed E-state index contributed by atoms with van der Waals surface area (Å²) in [5.41, 5.74) is 0. The molecule has 3 aromatic rings. The predicted molar refractivity (Wildman–Crippen MR) is 80.2 cm³/mol. The molecule has 3 rings (SSSR count). The van der Waals surface area contributed by atoms with Crippen LogP contribution >= 0.6 is 0 Å². The van der Waals surface area contributed by atoms with Gasteiger partial charge in [-0.1, -0.05) is 30.3 Å². The first-order valence-electron chi connectivity index (χ1n) is 6.59. The normalized spacial score (nSPS) is 10.4. The van der Waals surface area contributed by atoms with E-state index in [1.807, 2.05) is 37.3 Å². The molecule has 2 aromatic carbocycles. The second-order valence-corrected chi connectivity index (χ2v) is 4.36. The van der Waals surface area contributed by atoms with Gasteiger partial charge in [-0.15, -0.1) is 0 Å². The predicted octanol–water partition coefficient (Wildman–Crippen LogP) is 3.85. The molecule has 0 aliphatic heterocycles. The lowest BCUT2D eigenvalue weighted by atomic mass is 10.1. The second kappa shape index (κ2) is 5.57. The van der Waals surface area contributed by atoms with Crippen LogP contribution in [0.1, 0.15) is 6.92 Å². The summed E-state index contributed by atoms with van der Waals surface area (Å²) < 4.78 is 5.78. The minimum atomic E-state index is 0.534. The van der Waals surface area contributed by atoms with E-state index in [0.717, 1.165) is 17.7 Å². The molecule has 0 atom stereocenters. The molecular formula is C16H15N3O. The molecule has 100 valence electrons. The zero-order valence-corrected chi connectivity index (χ0v) is 11.2. The van der Waals surface area contributed by atoms with Crippen LogP contribution in [0, 0.1) is 0 Å². The average molecular weight is 265 g/mol. The Kier molecular flexibility index (Phi) is 3.46. The third-order valence-corrected chi connectivity index (χ3v) is 2.91. The van der Waals surface area contributed by atoms with Crippen molar-refractivity contribution >= 4 is 16.7 Å². The van der Waals surface area contributed by atoms with Gasteiger partial charge in [-0.2, -0.15) is 4.98 Å². The first-order valence-corrected chi connectivity index (χ1v) is 6.59. The lowest BCUT2D eigenvalue weighted by Gasteiger charge is -2.07. The van der Waals surface area contributed by atoms with E-state index in [4.69, 9.17) is 4.74 Å². The summed E-state index contributed by atoms with van der Waals surface area (Å²) in [4.78, 5) is 8.41. The topological polar surface area (TPSA) is 47.0 Å². The highest BCUT2D eigenvalue weighted by Gasteiger charge is 2.02. The highest BCUT2D eigenvalue weighted by Crippen LogP contribution is 2.24. The SMILES string of the molecule is CCNc1nccc(Oc2ccc3ccccc3c2)n1. The van der Waals surface area contributed by atoms with E-state index in [2.05, 4.69) is 27.4 Å². The molecule has 0 saturated heterocycles. The number of fused-ring (bicyclic) bond motifs is 1. The van der Waals surface area contributed by atoms with Gasteiger partial charge >= 0.3 is 0 Å². The van der Waals surface area contributed by atoms with E-state index in [0.29, 0.717) is 11.8 Å². The Labute approximate surface area is 117 Å². The van der Waals surface area contributed by atoms with Crippen LogP contribution in [-0.4, -0.2) is 16.5 Å². The van der Waals surface area contributed by atoms with Crippen LogP contribution < -0.4 is 10.1 Å². The number of nitrogens with zero attached hydrogens (tertiary/aromatic N) is 2. The summed E-state index contributed by atoms with van der Waals surface area (Å²) in [6, 6.07) is 15.9. The Bertz CT molecular complexity index is 727. The molecule has 0 fully saturated rings. The number of hydrogen-bond donors (Lipinski definition) is 1. The fourth-order valence-electron chi connectivity index (χ4n) is 1.99. The van der Waals surface area contributed by atoms with E-state index in [-0.39, 0.29) is 0 Å². The van der Waals surface area contributed by atoms with Crippen LogP contribution in [0.25, 0.3) is 10.8 Å². The third-order valence-electron chi connectivity index (χ3n) is 2.91. The van der Waals surface area contributed by atoms with Gasteiger partial charge in [-0.25, -0.2) is 4.98 Å². The number of hydrogen-bond acceptors (Lipinski definition) is 4. The van der Waals surface area contributed by atoms with Crippen LogP contribution in [0.15, 0.2) is 54.7 Å². The van der Waals surface area contributed by atoms with Gasteiger partial charge in [0.2, 0.25) is 11.8 Å². The molecule has 4 nitrogen and oxygen atoms in total. The van der Waals surface area contributed by atoms with Crippen molar-refractivity contribution in [2.75, 3.05) is 11.9 Å². The zero-order valence-electron chi connectivity index (χ0n) is 11.2. The van der Waals surface area contributed by atoms with E-state index in [1.54, 1.807) is 12.3 Å². The van der Waals surface area contributed by atoms with Crippen molar-refractivity contribution in [3.63, 3.8) is 0 Å². The van der Waals surface area contributed by atoms with Gasteiger partial charge in [0.1, 0.15) is 5.75 Å². The molecule has 4 heteroatoms. The van der Waals surface area contributed by atoms with Crippen molar-refractivity contribution in [2.24, 2.45) is 0 Å². The third kappa shape index (κ3) is 2.69. The molecule has 1 heterocycles. The molecule has 0 spiro atoms. The summed E-state index contributed by atoms with van der Waals surface area (Å²) in [6.07, 6.45) is 1.68.